The molecule has 4 rings (SSSR count). The molecule has 0 unspecified atom stereocenters. The second-order valence-electron chi connectivity index (χ2n) is 8.91. The quantitative estimate of drug-likeness (QED) is 0.757. The van der Waals surface area contributed by atoms with Crippen molar-refractivity contribution in [1.82, 2.24) is 15.1 Å². The maximum absolute atomic E-state index is 13.0. The number of piperidine rings is 1. The smallest absolute Gasteiger partial charge is 0.254 e. The van der Waals surface area contributed by atoms with E-state index < -0.39 is 5.60 Å². The third-order valence-corrected chi connectivity index (χ3v) is 6.60. The normalized spacial score (nSPS) is 16.4. The molecule has 0 radical (unpaired) electrons. The molecule has 0 atom stereocenters. The zero-order chi connectivity index (χ0) is 23.6. The molecular formula is C27H33N3O3. The highest BCUT2D eigenvalue weighted by atomic mass is 16.5. The van der Waals surface area contributed by atoms with Crippen molar-refractivity contribution in [3.8, 4) is 5.75 Å². The zero-order valence-electron chi connectivity index (χ0n) is 20.0. The summed E-state index contributed by atoms with van der Waals surface area (Å²) in [5, 5.41) is 3.41. The summed E-state index contributed by atoms with van der Waals surface area (Å²) in [6.45, 7) is 7.10. The van der Waals surface area contributed by atoms with Gasteiger partial charge in [0.2, 0.25) is 0 Å². The lowest BCUT2D eigenvalue weighted by Gasteiger charge is -2.40. The summed E-state index contributed by atoms with van der Waals surface area (Å²) < 4.78 is 6.56. The minimum atomic E-state index is -0.400. The highest BCUT2D eigenvalue weighted by Gasteiger charge is 2.38. The Morgan fingerprint density at radius 1 is 0.970 bits per heavy atom. The first-order chi connectivity index (χ1) is 15.9. The summed E-state index contributed by atoms with van der Waals surface area (Å²) in [7, 11) is 3.52. The number of ether oxygens (including phenoxy) is 1. The van der Waals surface area contributed by atoms with Crippen LogP contribution in [0.2, 0.25) is 0 Å². The monoisotopic (exact) mass is 447 g/mol. The summed E-state index contributed by atoms with van der Waals surface area (Å²) in [4.78, 5) is 29.2. The van der Waals surface area contributed by atoms with E-state index in [0.29, 0.717) is 24.2 Å². The number of nitrogens with zero attached hydrogens (tertiary/aromatic N) is 2. The van der Waals surface area contributed by atoms with Crippen molar-refractivity contribution >= 4 is 17.4 Å². The fourth-order valence-corrected chi connectivity index (χ4v) is 4.71. The van der Waals surface area contributed by atoms with Gasteiger partial charge in [0.25, 0.3) is 11.8 Å². The van der Waals surface area contributed by atoms with Gasteiger partial charge in [-0.2, -0.15) is 0 Å². The SMILES string of the molecule is CCN(CC)C(=O)c1ccc(C2=CC3(CCNCC3)Oc3cccc(C(=O)N(C)C)c32)cc1. The van der Waals surface area contributed by atoms with E-state index in [2.05, 4.69) is 11.4 Å². The molecule has 1 N–H and O–H groups in total. The van der Waals surface area contributed by atoms with E-state index in [-0.39, 0.29) is 11.8 Å². The molecule has 2 heterocycles. The molecule has 1 spiro atoms. The molecule has 174 valence electrons. The maximum atomic E-state index is 13.0. The minimum absolute atomic E-state index is 0.0335. The van der Waals surface area contributed by atoms with Crippen molar-refractivity contribution in [2.24, 2.45) is 0 Å². The number of amides is 2. The predicted molar refractivity (Wildman–Crippen MR) is 131 cm³/mol. The number of nitrogens with one attached hydrogen (secondary N) is 1. The van der Waals surface area contributed by atoms with Crippen LogP contribution in [0.5, 0.6) is 5.75 Å². The molecule has 2 aliphatic heterocycles. The first-order valence-electron chi connectivity index (χ1n) is 11.8. The van der Waals surface area contributed by atoms with E-state index in [1.807, 2.05) is 61.2 Å². The van der Waals surface area contributed by atoms with Gasteiger partial charge < -0.3 is 19.9 Å². The molecule has 0 bridgehead atoms. The average molecular weight is 448 g/mol. The molecular weight excluding hydrogens is 414 g/mol. The Bertz CT molecular complexity index is 1060. The fraction of sp³-hybridized carbons (Fsp3) is 0.407. The summed E-state index contributed by atoms with van der Waals surface area (Å²) in [5.74, 6) is 0.715. The van der Waals surface area contributed by atoms with Gasteiger partial charge >= 0.3 is 0 Å². The van der Waals surface area contributed by atoms with E-state index in [4.69, 9.17) is 4.74 Å². The van der Waals surface area contributed by atoms with Crippen LogP contribution in [0, 0.1) is 0 Å². The molecule has 1 saturated heterocycles. The van der Waals surface area contributed by atoms with Gasteiger partial charge in [0, 0.05) is 51.2 Å². The van der Waals surface area contributed by atoms with Crippen molar-refractivity contribution in [2.45, 2.75) is 32.3 Å². The molecule has 2 amide bonds. The lowest BCUT2D eigenvalue weighted by atomic mass is 9.81. The van der Waals surface area contributed by atoms with Gasteiger partial charge in [-0.3, -0.25) is 9.59 Å². The summed E-state index contributed by atoms with van der Waals surface area (Å²) in [5.41, 5.74) is 3.69. The maximum Gasteiger partial charge on any atom is 0.254 e. The number of benzene rings is 2. The Kier molecular flexibility index (Phi) is 6.56. The molecule has 6 nitrogen and oxygen atoms in total. The Morgan fingerprint density at radius 2 is 1.64 bits per heavy atom. The van der Waals surface area contributed by atoms with Crippen LogP contribution in [0.15, 0.2) is 48.5 Å². The lowest BCUT2D eigenvalue weighted by molar-refractivity contribution is 0.0772. The van der Waals surface area contributed by atoms with E-state index in [1.54, 1.807) is 19.0 Å². The van der Waals surface area contributed by atoms with E-state index >= 15 is 0 Å². The summed E-state index contributed by atoms with van der Waals surface area (Å²) in [6, 6.07) is 13.5. The topological polar surface area (TPSA) is 61.9 Å². The van der Waals surface area contributed by atoms with Crippen LogP contribution in [0.4, 0.5) is 0 Å². The largest absolute Gasteiger partial charge is 0.482 e. The molecule has 1 fully saturated rings. The first kappa shape index (κ1) is 23.1. The van der Waals surface area contributed by atoms with Crippen molar-refractivity contribution in [3.63, 3.8) is 0 Å². The number of rotatable bonds is 5. The van der Waals surface area contributed by atoms with Gasteiger partial charge in [-0.05, 0) is 68.4 Å². The summed E-state index contributed by atoms with van der Waals surface area (Å²) in [6.07, 6.45) is 3.92. The molecule has 2 aromatic carbocycles. The van der Waals surface area contributed by atoms with Crippen LogP contribution in [0.25, 0.3) is 5.57 Å². The highest BCUT2D eigenvalue weighted by molar-refractivity contribution is 6.03. The number of hydrogen-bond acceptors (Lipinski definition) is 4. The Labute approximate surface area is 196 Å². The molecule has 2 aliphatic rings. The third kappa shape index (κ3) is 4.40. The Balaban J connectivity index is 1.81. The van der Waals surface area contributed by atoms with Crippen LogP contribution in [-0.4, -0.2) is 67.5 Å². The fourth-order valence-electron chi connectivity index (χ4n) is 4.71. The lowest BCUT2D eigenvalue weighted by Crippen LogP contribution is -2.46. The van der Waals surface area contributed by atoms with Gasteiger partial charge in [-0.15, -0.1) is 0 Å². The van der Waals surface area contributed by atoms with Crippen molar-refractivity contribution < 1.29 is 14.3 Å². The molecule has 6 heteroatoms. The average Bonchev–Trinajstić information content (AvgIpc) is 2.84. The molecule has 2 aromatic rings. The second-order valence-corrected chi connectivity index (χ2v) is 8.91. The number of carbonyl (C=O) groups is 2. The first-order valence-corrected chi connectivity index (χ1v) is 11.8. The molecule has 0 aromatic heterocycles. The minimum Gasteiger partial charge on any atom is -0.482 e. The van der Waals surface area contributed by atoms with Crippen LogP contribution in [0.3, 0.4) is 0 Å². The Morgan fingerprint density at radius 3 is 2.24 bits per heavy atom. The molecule has 0 saturated carbocycles. The van der Waals surface area contributed by atoms with Crippen LogP contribution < -0.4 is 10.1 Å². The van der Waals surface area contributed by atoms with Crippen molar-refractivity contribution in [2.75, 3.05) is 40.3 Å². The van der Waals surface area contributed by atoms with Crippen LogP contribution in [-0.2, 0) is 0 Å². The van der Waals surface area contributed by atoms with Crippen molar-refractivity contribution in [1.29, 1.82) is 0 Å². The van der Waals surface area contributed by atoms with Gasteiger partial charge in [0.05, 0.1) is 5.56 Å². The van der Waals surface area contributed by atoms with Gasteiger partial charge in [0.1, 0.15) is 11.4 Å². The van der Waals surface area contributed by atoms with Crippen LogP contribution in [0.1, 0.15) is 58.5 Å². The molecule has 0 aliphatic carbocycles. The van der Waals surface area contributed by atoms with Gasteiger partial charge in [0.15, 0.2) is 0 Å². The zero-order valence-corrected chi connectivity index (χ0v) is 20.0. The van der Waals surface area contributed by atoms with Crippen molar-refractivity contribution in [3.05, 3.63) is 70.8 Å². The van der Waals surface area contributed by atoms with Gasteiger partial charge in [-0.25, -0.2) is 0 Å². The number of fused-ring (bicyclic) bond motifs is 1. The second kappa shape index (κ2) is 9.40. The number of hydrogen-bond donors (Lipinski definition) is 1. The van der Waals surface area contributed by atoms with E-state index in [1.165, 1.54) is 0 Å². The standard InChI is InChI=1S/C27H33N3O3/c1-5-30(6-2)25(31)20-12-10-19(11-13-20)22-18-27(14-16-28-17-15-27)33-23-9-7-8-21(24(22)23)26(32)29(3)4/h7-13,18,28H,5-6,14-17H2,1-4H3. The Hall–Kier alpha value is -3.12. The van der Waals surface area contributed by atoms with Crippen LogP contribution >= 0.6 is 0 Å². The molecule has 33 heavy (non-hydrogen) atoms. The van der Waals surface area contributed by atoms with E-state index in [9.17, 15) is 9.59 Å². The number of carbonyl (C=O) groups excluding carboxylic acids is 2. The third-order valence-electron chi connectivity index (χ3n) is 6.60. The predicted octanol–water partition coefficient (Wildman–Crippen LogP) is 3.82. The highest BCUT2D eigenvalue weighted by Crippen LogP contribution is 2.44. The summed E-state index contributed by atoms with van der Waals surface area (Å²) >= 11 is 0. The van der Waals surface area contributed by atoms with E-state index in [0.717, 1.165) is 48.4 Å². The van der Waals surface area contributed by atoms with Gasteiger partial charge in [-0.1, -0.05) is 18.2 Å².